The van der Waals surface area contributed by atoms with Crippen LogP contribution in [0.2, 0.25) is 0 Å². The summed E-state index contributed by atoms with van der Waals surface area (Å²) in [5, 5.41) is 11.0. The van der Waals surface area contributed by atoms with Crippen molar-refractivity contribution in [3.8, 4) is 0 Å². The SMILES string of the molecule is Cc1cccc(/C=C2\CN(C(c3ccccc3)(c3ccccc3)c3ccccc3)CCC2O)n1. The summed E-state index contributed by atoms with van der Waals surface area (Å²) in [6.07, 6.45) is 2.26. The van der Waals surface area contributed by atoms with E-state index in [1.165, 1.54) is 16.7 Å². The largest absolute Gasteiger partial charge is 0.389 e. The first-order valence-electron chi connectivity index (χ1n) is 11.9. The van der Waals surface area contributed by atoms with Gasteiger partial charge < -0.3 is 5.11 Å². The van der Waals surface area contributed by atoms with Crippen molar-refractivity contribution in [3.05, 3.63) is 143 Å². The fourth-order valence-electron chi connectivity index (χ4n) is 5.22. The Bertz CT molecular complexity index is 1160. The maximum absolute atomic E-state index is 11.0. The van der Waals surface area contributed by atoms with Gasteiger partial charge in [-0.05, 0) is 53.8 Å². The van der Waals surface area contributed by atoms with Crippen LogP contribution in [-0.2, 0) is 5.54 Å². The molecule has 1 aliphatic rings. The predicted molar refractivity (Wildman–Crippen MR) is 138 cm³/mol. The van der Waals surface area contributed by atoms with Gasteiger partial charge in [-0.2, -0.15) is 0 Å². The van der Waals surface area contributed by atoms with E-state index in [9.17, 15) is 5.11 Å². The highest BCUT2D eigenvalue weighted by Gasteiger charge is 2.44. The van der Waals surface area contributed by atoms with Crippen LogP contribution < -0.4 is 0 Å². The van der Waals surface area contributed by atoms with Crippen molar-refractivity contribution >= 4 is 6.08 Å². The number of nitrogens with zero attached hydrogens (tertiary/aromatic N) is 2. The molecule has 1 aromatic heterocycles. The Morgan fingerprint density at radius 2 is 1.29 bits per heavy atom. The molecule has 0 spiro atoms. The second-order valence-corrected chi connectivity index (χ2v) is 8.96. The first kappa shape index (κ1) is 22.3. The number of hydrogen-bond donors (Lipinski definition) is 1. The number of aliphatic hydroxyl groups is 1. The summed E-state index contributed by atoms with van der Waals surface area (Å²) in [6.45, 7) is 3.42. The number of aromatic nitrogens is 1. The molecule has 1 atom stereocenters. The quantitative estimate of drug-likeness (QED) is 0.392. The monoisotopic (exact) mass is 446 g/mol. The zero-order chi connectivity index (χ0) is 23.4. The van der Waals surface area contributed by atoms with Gasteiger partial charge in [0.05, 0.1) is 17.3 Å². The Morgan fingerprint density at radius 3 is 1.79 bits per heavy atom. The van der Waals surface area contributed by atoms with Crippen molar-refractivity contribution in [2.45, 2.75) is 25.0 Å². The molecule has 4 aromatic rings. The summed E-state index contributed by atoms with van der Waals surface area (Å²) in [5.74, 6) is 0. The molecule has 3 aromatic carbocycles. The van der Waals surface area contributed by atoms with E-state index in [1.54, 1.807) is 0 Å². The topological polar surface area (TPSA) is 36.4 Å². The molecule has 1 N–H and O–H groups in total. The van der Waals surface area contributed by atoms with Crippen molar-refractivity contribution in [3.63, 3.8) is 0 Å². The lowest BCUT2D eigenvalue weighted by molar-refractivity contribution is 0.0872. The lowest BCUT2D eigenvalue weighted by Crippen LogP contribution is -2.52. The minimum absolute atomic E-state index is 0.474. The van der Waals surface area contributed by atoms with Gasteiger partial charge in [0.2, 0.25) is 0 Å². The second kappa shape index (κ2) is 9.76. The molecule has 5 rings (SSSR count). The van der Waals surface area contributed by atoms with Gasteiger partial charge in [-0.3, -0.25) is 9.88 Å². The average Bonchev–Trinajstić information content (AvgIpc) is 2.88. The summed E-state index contributed by atoms with van der Waals surface area (Å²) in [5.41, 5.74) is 6.04. The normalized spacial score (nSPS) is 18.2. The van der Waals surface area contributed by atoms with E-state index < -0.39 is 11.6 Å². The number of aryl methyl sites for hydroxylation is 1. The van der Waals surface area contributed by atoms with Crippen molar-refractivity contribution in [1.29, 1.82) is 0 Å². The molecule has 1 fully saturated rings. The van der Waals surface area contributed by atoms with Crippen LogP contribution in [0.15, 0.2) is 115 Å². The van der Waals surface area contributed by atoms with E-state index >= 15 is 0 Å². The van der Waals surface area contributed by atoms with Gasteiger partial charge in [-0.15, -0.1) is 0 Å². The lowest BCUT2D eigenvalue weighted by Gasteiger charge is -2.48. The molecule has 3 nitrogen and oxygen atoms in total. The third kappa shape index (κ3) is 4.21. The maximum Gasteiger partial charge on any atom is 0.0975 e. The van der Waals surface area contributed by atoms with E-state index in [4.69, 9.17) is 0 Å². The highest BCUT2D eigenvalue weighted by molar-refractivity contribution is 5.54. The van der Waals surface area contributed by atoms with E-state index in [-0.39, 0.29) is 0 Å². The third-order valence-electron chi connectivity index (χ3n) is 6.77. The number of hydrogen-bond acceptors (Lipinski definition) is 3. The molecule has 34 heavy (non-hydrogen) atoms. The second-order valence-electron chi connectivity index (χ2n) is 8.96. The minimum Gasteiger partial charge on any atom is -0.389 e. The summed E-state index contributed by atoms with van der Waals surface area (Å²) in [4.78, 5) is 7.17. The molecule has 2 heterocycles. The van der Waals surface area contributed by atoms with Gasteiger partial charge in [-0.1, -0.05) is 97.1 Å². The van der Waals surface area contributed by atoms with Crippen molar-refractivity contribution < 1.29 is 5.11 Å². The summed E-state index contributed by atoms with van der Waals surface area (Å²) >= 11 is 0. The van der Waals surface area contributed by atoms with Gasteiger partial charge in [0.1, 0.15) is 0 Å². The maximum atomic E-state index is 11.0. The Labute approximate surface area is 202 Å². The highest BCUT2D eigenvalue weighted by atomic mass is 16.3. The Kier molecular flexibility index (Phi) is 6.39. The van der Waals surface area contributed by atoms with Crippen LogP contribution in [0.25, 0.3) is 6.08 Å². The summed E-state index contributed by atoms with van der Waals surface area (Å²) < 4.78 is 0. The van der Waals surface area contributed by atoms with Crippen molar-refractivity contribution in [2.24, 2.45) is 0 Å². The molecule has 0 bridgehead atoms. The molecule has 1 unspecified atom stereocenters. The van der Waals surface area contributed by atoms with E-state index in [0.717, 1.165) is 23.5 Å². The molecule has 1 aliphatic heterocycles. The smallest absolute Gasteiger partial charge is 0.0975 e. The van der Waals surface area contributed by atoms with Crippen molar-refractivity contribution in [1.82, 2.24) is 9.88 Å². The summed E-state index contributed by atoms with van der Waals surface area (Å²) in [6, 6.07) is 38.2. The minimum atomic E-state index is -0.483. The molecule has 0 radical (unpaired) electrons. The van der Waals surface area contributed by atoms with Gasteiger partial charge >= 0.3 is 0 Å². The Morgan fingerprint density at radius 1 is 0.765 bits per heavy atom. The van der Waals surface area contributed by atoms with Gasteiger partial charge in [0, 0.05) is 18.8 Å². The molecule has 0 aliphatic carbocycles. The number of likely N-dealkylation sites (tertiary alicyclic amines) is 1. The number of piperidine rings is 1. The summed E-state index contributed by atoms with van der Waals surface area (Å²) in [7, 11) is 0. The third-order valence-corrected chi connectivity index (χ3v) is 6.77. The van der Waals surface area contributed by atoms with E-state index in [2.05, 4.69) is 107 Å². The fourth-order valence-corrected chi connectivity index (χ4v) is 5.22. The van der Waals surface area contributed by atoms with Crippen LogP contribution in [0.1, 0.15) is 34.5 Å². The van der Waals surface area contributed by atoms with Crippen LogP contribution >= 0.6 is 0 Å². The van der Waals surface area contributed by atoms with Gasteiger partial charge in [0.25, 0.3) is 0 Å². The van der Waals surface area contributed by atoms with Crippen LogP contribution in [0.5, 0.6) is 0 Å². The molecule has 170 valence electrons. The zero-order valence-electron chi connectivity index (χ0n) is 19.5. The highest BCUT2D eigenvalue weighted by Crippen LogP contribution is 2.44. The molecule has 3 heteroatoms. The Balaban J connectivity index is 1.69. The fraction of sp³-hybridized carbons (Fsp3) is 0.194. The Hall–Kier alpha value is -3.53. The number of rotatable bonds is 5. The van der Waals surface area contributed by atoms with E-state index in [1.807, 2.05) is 25.1 Å². The molecule has 0 amide bonds. The number of aliphatic hydroxyl groups excluding tert-OH is 1. The zero-order valence-corrected chi connectivity index (χ0v) is 19.5. The first-order valence-corrected chi connectivity index (χ1v) is 11.9. The van der Waals surface area contributed by atoms with Crippen LogP contribution in [0.4, 0.5) is 0 Å². The van der Waals surface area contributed by atoms with Crippen molar-refractivity contribution in [2.75, 3.05) is 13.1 Å². The van der Waals surface area contributed by atoms with Gasteiger partial charge in [-0.25, -0.2) is 0 Å². The van der Waals surface area contributed by atoms with Crippen LogP contribution in [0.3, 0.4) is 0 Å². The van der Waals surface area contributed by atoms with Crippen LogP contribution in [-0.4, -0.2) is 34.2 Å². The number of pyridine rings is 1. The van der Waals surface area contributed by atoms with Gasteiger partial charge in [0.15, 0.2) is 0 Å². The van der Waals surface area contributed by atoms with E-state index in [0.29, 0.717) is 13.0 Å². The average molecular weight is 447 g/mol. The predicted octanol–water partition coefficient (Wildman–Crippen LogP) is 5.83. The lowest BCUT2D eigenvalue weighted by atomic mass is 9.74. The molecular formula is C31H30N2O. The van der Waals surface area contributed by atoms with Crippen LogP contribution in [0, 0.1) is 6.92 Å². The molecule has 1 saturated heterocycles. The molecule has 0 saturated carbocycles. The number of benzene rings is 3. The first-order chi connectivity index (χ1) is 16.7. The molecular weight excluding hydrogens is 416 g/mol. The standard InChI is InChI=1S/C31H30N2O/c1-24-12-11-19-29(32-24)22-25-23-33(21-20-30(25)34)31(26-13-5-2-6-14-26,27-15-7-3-8-16-27)28-17-9-4-10-18-28/h2-19,22,30,34H,20-21,23H2,1H3/b25-22+.